The molecule has 3 amide bonds. The highest BCUT2D eigenvalue weighted by molar-refractivity contribution is 5.94. The van der Waals surface area contributed by atoms with Crippen molar-refractivity contribution < 1.29 is 9.59 Å². The summed E-state index contributed by atoms with van der Waals surface area (Å²) in [6.07, 6.45) is 2.50. The minimum Gasteiger partial charge on any atom is -0.338 e. The fourth-order valence-electron chi connectivity index (χ4n) is 1.45. The molecule has 0 aliphatic carbocycles. The first kappa shape index (κ1) is 17.1. The fourth-order valence-corrected chi connectivity index (χ4v) is 1.45. The van der Waals surface area contributed by atoms with Crippen LogP contribution in [0.25, 0.3) is 0 Å². The van der Waals surface area contributed by atoms with Crippen molar-refractivity contribution in [2.45, 2.75) is 52.7 Å². The molecule has 1 rings (SSSR count). The standard InChI is InChI=1S/C13H24N6O2/c1-5-6-14-12(21)16-11(20)9-19-8-10(17-18-19)7-15-13(2,3)4/h8,15H,5-7,9H2,1-4H3,(H2,14,16,20,21). The summed E-state index contributed by atoms with van der Waals surface area (Å²) in [5, 5.41) is 15.9. The molecule has 1 heterocycles. The molecule has 0 saturated heterocycles. The second kappa shape index (κ2) is 7.72. The lowest BCUT2D eigenvalue weighted by Crippen LogP contribution is -2.41. The summed E-state index contributed by atoms with van der Waals surface area (Å²) in [7, 11) is 0. The molecule has 0 aliphatic rings. The van der Waals surface area contributed by atoms with Crippen molar-refractivity contribution in [3.8, 4) is 0 Å². The number of nitrogens with one attached hydrogen (secondary N) is 3. The number of nitrogens with zero attached hydrogens (tertiary/aromatic N) is 3. The van der Waals surface area contributed by atoms with Crippen molar-refractivity contribution >= 4 is 11.9 Å². The van der Waals surface area contributed by atoms with Gasteiger partial charge in [-0.15, -0.1) is 5.10 Å². The van der Waals surface area contributed by atoms with Crippen molar-refractivity contribution in [3.05, 3.63) is 11.9 Å². The van der Waals surface area contributed by atoms with Crippen LogP contribution < -0.4 is 16.0 Å². The van der Waals surface area contributed by atoms with Gasteiger partial charge in [0.1, 0.15) is 6.54 Å². The third-order valence-corrected chi connectivity index (χ3v) is 2.48. The second-order valence-electron chi connectivity index (χ2n) is 5.82. The maximum absolute atomic E-state index is 11.6. The molecule has 1 aromatic rings. The van der Waals surface area contributed by atoms with E-state index < -0.39 is 11.9 Å². The van der Waals surface area contributed by atoms with Gasteiger partial charge in [0, 0.05) is 18.6 Å². The van der Waals surface area contributed by atoms with Gasteiger partial charge >= 0.3 is 6.03 Å². The number of hydrogen-bond acceptors (Lipinski definition) is 5. The van der Waals surface area contributed by atoms with Crippen LogP contribution >= 0.6 is 0 Å². The molecular formula is C13H24N6O2. The van der Waals surface area contributed by atoms with Gasteiger partial charge in [0.15, 0.2) is 0 Å². The van der Waals surface area contributed by atoms with E-state index in [1.54, 1.807) is 6.20 Å². The molecule has 8 nitrogen and oxygen atoms in total. The Bertz CT molecular complexity index is 477. The molecule has 0 unspecified atom stereocenters. The Hall–Kier alpha value is -1.96. The molecule has 0 aromatic carbocycles. The highest BCUT2D eigenvalue weighted by Gasteiger charge is 2.12. The molecule has 0 bridgehead atoms. The number of carbonyl (C=O) groups is 2. The number of amides is 3. The Balaban J connectivity index is 2.40. The van der Waals surface area contributed by atoms with E-state index in [2.05, 4.69) is 47.0 Å². The molecular weight excluding hydrogens is 272 g/mol. The maximum atomic E-state index is 11.6. The van der Waals surface area contributed by atoms with E-state index in [0.717, 1.165) is 12.1 Å². The minimum absolute atomic E-state index is 0.0154. The Kier molecular flexibility index (Phi) is 6.29. The van der Waals surface area contributed by atoms with E-state index in [0.29, 0.717) is 13.1 Å². The first-order valence-corrected chi connectivity index (χ1v) is 7.02. The van der Waals surface area contributed by atoms with Gasteiger partial charge in [-0.3, -0.25) is 10.1 Å². The van der Waals surface area contributed by atoms with Crippen molar-refractivity contribution in [2.24, 2.45) is 0 Å². The van der Waals surface area contributed by atoms with Crippen LogP contribution in [0, 0.1) is 0 Å². The second-order valence-corrected chi connectivity index (χ2v) is 5.82. The number of aromatic nitrogens is 3. The lowest BCUT2D eigenvalue weighted by Gasteiger charge is -2.19. The SMILES string of the molecule is CCCNC(=O)NC(=O)Cn1cc(CNC(C)(C)C)nn1. The molecule has 21 heavy (non-hydrogen) atoms. The zero-order valence-electron chi connectivity index (χ0n) is 13.1. The molecule has 118 valence electrons. The van der Waals surface area contributed by atoms with Crippen LogP contribution in [0.2, 0.25) is 0 Å². The predicted molar refractivity (Wildman–Crippen MR) is 78.4 cm³/mol. The van der Waals surface area contributed by atoms with Gasteiger partial charge in [-0.2, -0.15) is 0 Å². The highest BCUT2D eigenvalue weighted by atomic mass is 16.2. The predicted octanol–water partition coefficient (Wildman–Crippen LogP) is 0.402. The Morgan fingerprint density at radius 3 is 2.67 bits per heavy atom. The topological polar surface area (TPSA) is 101 Å². The third-order valence-electron chi connectivity index (χ3n) is 2.48. The normalized spacial score (nSPS) is 11.2. The van der Waals surface area contributed by atoms with Gasteiger partial charge in [-0.25, -0.2) is 9.48 Å². The first-order chi connectivity index (χ1) is 9.80. The third kappa shape index (κ3) is 7.40. The van der Waals surface area contributed by atoms with Crippen molar-refractivity contribution in [1.82, 2.24) is 30.9 Å². The van der Waals surface area contributed by atoms with E-state index >= 15 is 0 Å². The van der Waals surface area contributed by atoms with Crippen LogP contribution in [0.1, 0.15) is 39.8 Å². The summed E-state index contributed by atoms with van der Waals surface area (Å²) in [5.74, 6) is -0.427. The van der Waals surface area contributed by atoms with Crippen LogP contribution in [0.5, 0.6) is 0 Å². The van der Waals surface area contributed by atoms with Gasteiger partial charge < -0.3 is 10.6 Å². The summed E-state index contributed by atoms with van der Waals surface area (Å²) in [6.45, 7) is 9.17. The molecule has 0 fully saturated rings. The number of imide groups is 1. The van der Waals surface area contributed by atoms with Crippen LogP contribution in [0.15, 0.2) is 6.20 Å². The summed E-state index contributed by atoms with van der Waals surface area (Å²) >= 11 is 0. The molecule has 3 N–H and O–H groups in total. The average Bonchev–Trinajstić information content (AvgIpc) is 2.80. The summed E-state index contributed by atoms with van der Waals surface area (Å²) < 4.78 is 1.40. The average molecular weight is 296 g/mol. The first-order valence-electron chi connectivity index (χ1n) is 7.02. The Morgan fingerprint density at radius 2 is 2.05 bits per heavy atom. The van der Waals surface area contributed by atoms with E-state index in [-0.39, 0.29) is 12.1 Å². The zero-order valence-corrected chi connectivity index (χ0v) is 13.1. The monoisotopic (exact) mass is 296 g/mol. The minimum atomic E-state index is -0.489. The molecule has 0 saturated carbocycles. The lowest BCUT2D eigenvalue weighted by atomic mass is 10.1. The van der Waals surface area contributed by atoms with Gasteiger partial charge in [0.25, 0.3) is 0 Å². The van der Waals surface area contributed by atoms with Gasteiger partial charge in [0.05, 0.1) is 11.9 Å². The number of hydrogen-bond donors (Lipinski definition) is 3. The Morgan fingerprint density at radius 1 is 1.33 bits per heavy atom. The molecule has 0 spiro atoms. The summed E-state index contributed by atoms with van der Waals surface area (Å²) in [6, 6.07) is -0.489. The quantitative estimate of drug-likeness (QED) is 0.705. The Labute approximate surface area is 124 Å². The van der Waals surface area contributed by atoms with E-state index in [1.807, 2.05) is 6.92 Å². The molecule has 8 heteroatoms. The fraction of sp³-hybridized carbons (Fsp3) is 0.692. The summed E-state index contributed by atoms with van der Waals surface area (Å²) in [5.41, 5.74) is 0.728. The molecule has 0 aliphatic heterocycles. The van der Waals surface area contributed by atoms with Crippen LogP contribution in [0.4, 0.5) is 4.79 Å². The molecule has 0 atom stereocenters. The van der Waals surface area contributed by atoms with Gasteiger partial charge in [0.2, 0.25) is 5.91 Å². The number of urea groups is 1. The molecule has 1 aromatic heterocycles. The smallest absolute Gasteiger partial charge is 0.321 e. The van der Waals surface area contributed by atoms with Crippen molar-refractivity contribution in [2.75, 3.05) is 6.54 Å². The lowest BCUT2D eigenvalue weighted by molar-refractivity contribution is -0.120. The largest absolute Gasteiger partial charge is 0.338 e. The van der Waals surface area contributed by atoms with Crippen LogP contribution in [0.3, 0.4) is 0 Å². The van der Waals surface area contributed by atoms with Crippen molar-refractivity contribution in [3.63, 3.8) is 0 Å². The van der Waals surface area contributed by atoms with Crippen molar-refractivity contribution in [1.29, 1.82) is 0 Å². The number of carbonyl (C=O) groups excluding carboxylic acids is 2. The number of rotatable bonds is 6. The van der Waals surface area contributed by atoms with E-state index in [4.69, 9.17) is 0 Å². The van der Waals surface area contributed by atoms with E-state index in [1.165, 1.54) is 4.68 Å². The maximum Gasteiger partial charge on any atom is 0.321 e. The highest BCUT2D eigenvalue weighted by Crippen LogP contribution is 2.01. The zero-order chi connectivity index (χ0) is 15.9. The van der Waals surface area contributed by atoms with Gasteiger partial charge in [-0.05, 0) is 27.2 Å². The molecule has 0 radical (unpaired) electrons. The van der Waals surface area contributed by atoms with E-state index in [9.17, 15) is 9.59 Å². The summed E-state index contributed by atoms with van der Waals surface area (Å²) in [4.78, 5) is 23.0. The van der Waals surface area contributed by atoms with Crippen LogP contribution in [-0.2, 0) is 17.9 Å². The van der Waals surface area contributed by atoms with Crippen LogP contribution in [-0.4, -0.2) is 39.0 Å². The van der Waals surface area contributed by atoms with Gasteiger partial charge in [-0.1, -0.05) is 12.1 Å².